The van der Waals surface area contributed by atoms with E-state index in [0.717, 1.165) is 17.1 Å². The average molecular weight is 352 g/mol. The van der Waals surface area contributed by atoms with Gasteiger partial charge in [-0.1, -0.05) is 11.2 Å². The molecule has 2 aliphatic rings. The summed E-state index contributed by atoms with van der Waals surface area (Å²) in [7, 11) is 0. The second-order valence-electron chi connectivity index (χ2n) is 5.78. The van der Waals surface area contributed by atoms with E-state index in [1.165, 1.54) is 19.1 Å². The van der Waals surface area contributed by atoms with Gasteiger partial charge in [0.15, 0.2) is 0 Å². The summed E-state index contributed by atoms with van der Waals surface area (Å²) in [6.07, 6.45) is 2.64. The molecule has 1 aromatic rings. The molecule has 0 aromatic heterocycles. The zero-order valence-electron chi connectivity index (χ0n) is 13.3. The molecule has 0 bridgehead atoms. The lowest BCUT2D eigenvalue weighted by molar-refractivity contribution is -0.119. The van der Waals surface area contributed by atoms with Crippen molar-refractivity contribution in [3.05, 3.63) is 41.0 Å². The average Bonchev–Trinajstić information content (AvgIpc) is 3.02. The largest absolute Gasteiger partial charge is 0.390 e. The fourth-order valence-electron chi connectivity index (χ4n) is 2.77. The number of nitrogens with zero attached hydrogens (tertiary/aromatic N) is 1. The molecular weight excluding hydrogens is 334 g/mol. The number of nitrogens with one attached hydrogen (secondary N) is 1. The summed E-state index contributed by atoms with van der Waals surface area (Å²) in [5.41, 5.74) is 1.66. The number of thioether (sulfide) groups is 1. The quantitative estimate of drug-likeness (QED) is 0.906. The predicted octanol–water partition coefficient (Wildman–Crippen LogP) is 3.11. The van der Waals surface area contributed by atoms with Crippen molar-refractivity contribution in [3.8, 4) is 0 Å². The second-order valence-corrected chi connectivity index (χ2v) is 6.93. The lowest BCUT2D eigenvalue weighted by Gasteiger charge is -2.15. The minimum absolute atomic E-state index is 0.0633. The molecule has 0 radical (unpaired) electrons. The molecule has 1 atom stereocenters. The van der Waals surface area contributed by atoms with Crippen LogP contribution in [0.4, 0.5) is 8.78 Å². The van der Waals surface area contributed by atoms with Crippen LogP contribution in [-0.4, -0.2) is 35.8 Å². The summed E-state index contributed by atoms with van der Waals surface area (Å²) in [4.78, 5) is 16.1. The summed E-state index contributed by atoms with van der Waals surface area (Å²) < 4.78 is 28.9. The molecule has 1 N–H and O–H groups in total. The van der Waals surface area contributed by atoms with Crippen molar-refractivity contribution in [2.75, 3.05) is 18.1 Å². The minimum Gasteiger partial charge on any atom is -0.390 e. The molecule has 1 aromatic carbocycles. The standard InChI is InChI=1S/C17H18F2N2O2S/c1-10(22)20-9-13-8-16(21-23-13)12-6-14(18)17(15(19)7-12)11-2-4-24-5-3-11/h2,6-7,13H,3-5,8-9H2,1H3,(H,20,22). The highest BCUT2D eigenvalue weighted by Gasteiger charge is 2.25. The van der Waals surface area contributed by atoms with Gasteiger partial charge in [0.25, 0.3) is 0 Å². The minimum atomic E-state index is -0.573. The van der Waals surface area contributed by atoms with E-state index in [1.807, 2.05) is 6.08 Å². The number of hydrogen-bond acceptors (Lipinski definition) is 4. The Balaban J connectivity index is 1.76. The Labute approximate surface area is 143 Å². The van der Waals surface area contributed by atoms with Gasteiger partial charge in [0.1, 0.15) is 17.7 Å². The number of allylic oxidation sites excluding steroid dienone is 1. The van der Waals surface area contributed by atoms with Gasteiger partial charge in [-0.25, -0.2) is 8.78 Å². The molecule has 7 heteroatoms. The lowest BCUT2D eigenvalue weighted by Crippen LogP contribution is -2.30. The van der Waals surface area contributed by atoms with E-state index in [1.54, 1.807) is 11.8 Å². The van der Waals surface area contributed by atoms with E-state index in [-0.39, 0.29) is 17.6 Å². The maximum absolute atomic E-state index is 14.5. The number of carbonyl (C=O) groups excluding carboxylic acids is 1. The fraction of sp³-hybridized carbons (Fsp3) is 0.412. The second kappa shape index (κ2) is 7.34. The van der Waals surface area contributed by atoms with Crippen molar-refractivity contribution in [1.29, 1.82) is 0 Å². The summed E-state index contributed by atoms with van der Waals surface area (Å²) in [6, 6.07) is 2.62. The van der Waals surface area contributed by atoms with Crippen molar-refractivity contribution in [2.24, 2.45) is 5.16 Å². The Hall–Kier alpha value is -1.89. The van der Waals surface area contributed by atoms with E-state index in [0.29, 0.717) is 30.7 Å². The molecule has 1 amide bonds. The highest BCUT2D eigenvalue weighted by Crippen LogP contribution is 2.31. The van der Waals surface area contributed by atoms with E-state index in [9.17, 15) is 13.6 Å². The van der Waals surface area contributed by atoms with E-state index < -0.39 is 11.6 Å². The summed E-state index contributed by atoms with van der Waals surface area (Å²) in [6.45, 7) is 1.73. The van der Waals surface area contributed by atoms with Crippen LogP contribution >= 0.6 is 11.8 Å². The third-order valence-corrected chi connectivity index (χ3v) is 4.87. The number of hydrogen-bond donors (Lipinski definition) is 1. The van der Waals surface area contributed by atoms with Crippen LogP contribution in [0.15, 0.2) is 23.4 Å². The topological polar surface area (TPSA) is 50.7 Å². The van der Waals surface area contributed by atoms with Gasteiger partial charge in [-0.05, 0) is 29.9 Å². The van der Waals surface area contributed by atoms with Crippen LogP contribution in [0, 0.1) is 11.6 Å². The molecule has 24 heavy (non-hydrogen) atoms. The molecule has 2 heterocycles. The molecule has 0 fully saturated rings. The Morgan fingerprint density at radius 2 is 2.17 bits per heavy atom. The smallest absolute Gasteiger partial charge is 0.217 e. The lowest BCUT2D eigenvalue weighted by atomic mass is 9.97. The highest BCUT2D eigenvalue weighted by molar-refractivity contribution is 7.99. The van der Waals surface area contributed by atoms with Crippen molar-refractivity contribution in [2.45, 2.75) is 25.9 Å². The SMILES string of the molecule is CC(=O)NCC1CC(c2cc(F)c(C3=CCSCC3)c(F)c2)=NO1. The van der Waals surface area contributed by atoms with Gasteiger partial charge >= 0.3 is 0 Å². The van der Waals surface area contributed by atoms with Crippen LogP contribution in [0.5, 0.6) is 0 Å². The zero-order chi connectivity index (χ0) is 17.1. The number of halogens is 2. The van der Waals surface area contributed by atoms with Gasteiger partial charge in [-0.15, -0.1) is 0 Å². The first-order chi connectivity index (χ1) is 11.5. The van der Waals surface area contributed by atoms with Gasteiger partial charge in [0.2, 0.25) is 5.91 Å². The fourth-order valence-corrected chi connectivity index (χ4v) is 3.62. The molecule has 0 saturated carbocycles. The predicted molar refractivity (Wildman–Crippen MR) is 91.0 cm³/mol. The van der Waals surface area contributed by atoms with Gasteiger partial charge in [0, 0.05) is 30.2 Å². The molecule has 0 aliphatic carbocycles. The maximum Gasteiger partial charge on any atom is 0.217 e. The molecule has 4 nitrogen and oxygen atoms in total. The number of benzene rings is 1. The highest BCUT2D eigenvalue weighted by atomic mass is 32.2. The van der Waals surface area contributed by atoms with Crippen LogP contribution in [0.25, 0.3) is 5.57 Å². The van der Waals surface area contributed by atoms with Crippen molar-refractivity contribution >= 4 is 29.0 Å². The normalized spacial score (nSPS) is 20.2. The monoisotopic (exact) mass is 352 g/mol. The van der Waals surface area contributed by atoms with Crippen LogP contribution in [0.2, 0.25) is 0 Å². The summed E-state index contributed by atoms with van der Waals surface area (Å²) in [5, 5.41) is 6.54. The number of amides is 1. The molecule has 128 valence electrons. The molecule has 0 spiro atoms. The van der Waals surface area contributed by atoms with Gasteiger partial charge in [-0.3, -0.25) is 4.79 Å². The molecule has 2 aliphatic heterocycles. The first-order valence-corrected chi connectivity index (χ1v) is 8.93. The van der Waals surface area contributed by atoms with Gasteiger partial charge in [0.05, 0.1) is 12.3 Å². The van der Waals surface area contributed by atoms with Crippen LogP contribution < -0.4 is 5.32 Å². The third kappa shape index (κ3) is 3.77. The van der Waals surface area contributed by atoms with Crippen LogP contribution in [0.1, 0.15) is 30.9 Å². The van der Waals surface area contributed by atoms with Crippen molar-refractivity contribution < 1.29 is 18.4 Å². The molecular formula is C17H18F2N2O2S. The van der Waals surface area contributed by atoms with Gasteiger partial charge in [-0.2, -0.15) is 11.8 Å². The van der Waals surface area contributed by atoms with Crippen molar-refractivity contribution in [3.63, 3.8) is 0 Å². The van der Waals surface area contributed by atoms with E-state index in [4.69, 9.17) is 4.84 Å². The summed E-state index contributed by atoms with van der Waals surface area (Å²) >= 11 is 1.75. The number of rotatable bonds is 4. The van der Waals surface area contributed by atoms with Gasteiger partial charge < -0.3 is 10.2 Å². The zero-order valence-corrected chi connectivity index (χ0v) is 14.1. The Bertz CT molecular complexity index is 696. The number of oxime groups is 1. The van der Waals surface area contributed by atoms with E-state index in [2.05, 4.69) is 10.5 Å². The van der Waals surface area contributed by atoms with E-state index >= 15 is 0 Å². The Morgan fingerprint density at radius 1 is 1.42 bits per heavy atom. The molecule has 3 rings (SSSR count). The molecule has 0 saturated heterocycles. The summed E-state index contributed by atoms with van der Waals surface area (Å²) in [5.74, 6) is 0.346. The number of carbonyl (C=O) groups is 1. The van der Waals surface area contributed by atoms with Crippen molar-refractivity contribution in [1.82, 2.24) is 5.32 Å². The third-order valence-electron chi connectivity index (χ3n) is 3.97. The van der Waals surface area contributed by atoms with Crippen LogP contribution in [-0.2, 0) is 9.63 Å². The van der Waals surface area contributed by atoms with Crippen LogP contribution in [0.3, 0.4) is 0 Å². The maximum atomic E-state index is 14.5. The Kier molecular flexibility index (Phi) is 5.18. The first kappa shape index (κ1) is 17.0. The first-order valence-electron chi connectivity index (χ1n) is 7.78. The Morgan fingerprint density at radius 3 is 2.79 bits per heavy atom. The molecule has 1 unspecified atom stereocenters.